The molecule has 1 N–H and O–H groups in total. The maximum absolute atomic E-state index is 12.7. The van der Waals surface area contributed by atoms with Crippen molar-refractivity contribution >= 4 is 0 Å². The summed E-state index contributed by atoms with van der Waals surface area (Å²) in [7, 11) is 1.79. The lowest BCUT2D eigenvalue weighted by molar-refractivity contribution is -0.137. The zero-order chi connectivity index (χ0) is 13.9. The molecule has 0 bridgehead atoms. The predicted molar refractivity (Wildman–Crippen MR) is 67.4 cm³/mol. The number of nitrogens with one attached hydrogen (secondary N) is 1. The van der Waals surface area contributed by atoms with Gasteiger partial charge in [-0.3, -0.25) is 4.98 Å². The third-order valence-corrected chi connectivity index (χ3v) is 2.70. The van der Waals surface area contributed by atoms with E-state index in [0.29, 0.717) is 12.1 Å². The minimum atomic E-state index is -4.32. The molecule has 2 nitrogen and oxygen atoms in total. The van der Waals surface area contributed by atoms with Gasteiger partial charge < -0.3 is 5.32 Å². The Balaban J connectivity index is 2.39. The minimum Gasteiger partial charge on any atom is -0.314 e. The SMILES string of the molecule is CNCc1cc(-c2cccc(C(F)(F)F)c2)ccn1. The van der Waals surface area contributed by atoms with Crippen LogP contribution < -0.4 is 5.32 Å². The molecule has 1 aromatic carbocycles. The molecule has 0 radical (unpaired) electrons. The second kappa shape index (κ2) is 5.40. The summed E-state index contributed by atoms with van der Waals surface area (Å²) in [6.07, 6.45) is -2.72. The summed E-state index contributed by atoms with van der Waals surface area (Å²) in [6, 6.07) is 8.78. The molecule has 2 aromatic rings. The Bertz CT molecular complexity index is 565. The van der Waals surface area contributed by atoms with Crippen molar-refractivity contribution in [2.75, 3.05) is 7.05 Å². The molecule has 0 saturated carbocycles. The van der Waals surface area contributed by atoms with Gasteiger partial charge in [0.05, 0.1) is 11.3 Å². The van der Waals surface area contributed by atoms with Crippen LogP contribution in [0.2, 0.25) is 0 Å². The molecule has 0 aliphatic heterocycles. The van der Waals surface area contributed by atoms with Crippen molar-refractivity contribution in [3.05, 3.63) is 53.9 Å². The van der Waals surface area contributed by atoms with Crippen LogP contribution in [-0.2, 0) is 12.7 Å². The highest BCUT2D eigenvalue weighted by Gasteiger charge is 2.30. The second-order valence-electron chi connectivity index (χ2n) is 4.14. The van der Waals surface area contributed by atoms with Gasteiger partial charge in [-0.1, -0.05) is 12.1 Å². The van der Waals surface area contributed by atoms with Crippen LogP contribution in [0.1, 0.15) is 11.3 Å². The molecule has 5 heteroatoms. The first kappa shape index (κ1) is 13.5. The number of rotatable bonds is 3. The highest BCUT2D eigenvalue weighted by atomic mass is 19.4. The number of aromatic nitrogens is 1. The fourth-order valence-electron chi connectivity index (χ4n) is 1.81. The van der Waals surface area contributed by atoms with Gasteiger partial charge in [-0.25, -0.2) is 0 Å². The van der Waals surface area contributed by atoms with Crippen LogP contribution in [0.4, 0.5) is 13.2 Å². The van der Waals surface area contributed by atoms with E-state index >= 15 is 0 Å². The summed E-state index contributed by atoms with van der Waals surface area (Å²) in [5, 5.41) is 2.96. The molecule has 0 saturated heterocycles. The van der Waals surface area contributed by atoms with E-state index in [-0.39, 0.29) is 0 Å². The monoisotopic (exact) mass is 266 g/mol. The van der Waals surface area contributed by atoms with Gasteiger partial charge in [-0.05, 0) is 42.4 Å². The molecule has 0 unspecified atom stereocenters. The zero-order valence-electron chi connectivity index (χ0n) is 10.3. The van der Waals surface area contributed by atoms with E-state index in [1.807, 2.05) is 0 Å². The summed E-state index contributed by atoms with van der Waals surface area (Å²) in [6.45, 7) is 0.576. The Morgan fingerprint density at radius 3 is 2.53 bits per heavy atom. The maximum atomic E-state index is 12.7. The lowest BCUT2D eigenvalue weighted by Gasteiger charge is -2.09. The molecule has 1 heterocycles. The summed E-state index contributed by atoms with van der Waals surface area (Å²) >= 11 is 0. The van der Waals surface area contributed by atoms with Gasteiger partial charge >= 0.3 is 6.18 Å². The number of pyridine rings is 1. The van der Waals surface area contributed by atoms with Crippen LogP contribution in [0.25, 0.3) is 11.1 Å². The molecule has 0 amide bonds. The van der Waals surface area contributed by atoms with Crippen LogP contribution in [-0.4, -0.2) is 12.0 Å². The van der Waals surface area contributed by atoms with Crippen molar-refractivity contribution in [3.8, 4) is 11.1 Å². The predicted octanol–water partition coefficient (Wildman–Crippen LogP) is 3.49. The Kier molecular flexibility index (Phi) is 3.85. The van der Waals surface area contributed by atoms with Crippen molar-refractivity contribution in [2.45, 2.75) is 12.7 Å². The van der Waals surface area contributed by atoms with E-state index in [2.05, 4.69) is 10.3 Å². The number of halogens is 3. The quantitative estimate of drug-likeness (QED) is 0.919. The largest absolute Gasteiger partial charge is 0.416 e. The van der Waals surface area contributed by atoms with Gasteiger partial charge in [0.2, 0.25) is 0 Å². The first-order valence-corrected chi connectivity index (χ1v) is 5.78. The highest BCUT2D eigenvalue weighted by molar-refractivity contribution is 5.64. The molecular weight excluding hydrogens is 253 g/mol. The molecule has 1 aromatic heterocycles. The summed E-state index contributed by atoms with van der Waals surface area (Å²) in [4.78, 5) is 4.14. The average Bonchev–Trinajstić information content (AvgIpc) is 2.39. The molecular formula is C14H13F3N2. The Morgan fingerprint density at radius 1 is 1.11 bits per heavy atom. The van der Waals surface area contributed by atoms with E-state index in [4.69, 9.17) is 0 Å². The van der Waals surface area contributed by atoms with Crippen LogP contribution in [0, 0.1) is 0 Å². The van der Waals surface area contributed by atoms with Gasteiger partial charge in [-0.2, -0.15) is 13.2 Å². The van der Waals surface area contributed by atoms with Crippen molar-refractivity contribution in [2.24, 2.45) is 0 Å². The summed E-state index contributed by atoms with van der Waals surface area (Å²) < 4.78 is 38.0. The maximum Gasteiger partial charge on any atom is 0.416 e. The number of hydrogen-bond donors (Lipinski definition) is 1. The fourth-order valence-corrected chi connectivity index (χ4v) is 1.81. The smallest absolute Gasteiger partial charge is 0.314 e. The second-order valence-corrected chi connectivity index (χ2v) is 4.14. The van der Waals surface area contributed by atoms with Gasteiger partial charge in [0.1, 0.15) is 0 Å². The molecule has 0 aliphatic carbocycles. The number of nitrogens with zero attached hydrogens (tertiary/aromatic N) is 1. The Morgan fingerprint density at radius 2 is 1.84 bits per heavy atom. The molecule has 0 fully saturated rings. The molecule has 0 atom stereocenters. The number of hydrogen-bond acceptors (Lipinski definition) is 2. The van der Waals surface area contributed by atoms with Crippen LogP contribution >= 0.6 is 0 Å². The minimum absolute atomic E-state index is 0.537. The van der Waals surface area contributed by atoms with Crippen molar-refractivity contribution < 1.29 is 13.2 Å². The van der Waals surface area contributed by atoms with Crippen LogP contribution in [0.3, 0.4) is 0 Å². The lowest BCUT2D eigenvalue weighted by atomic mass is 10.0. The first-order chi connectivity index (χ1) is 9.00. The lowest BCUT2D eigenvalue weighted by Crippen LogP contribution is -2.07. The van der Waals surface area contributed by atoms with Crippen molar-refractivity contribution in [3.63, 3.8) is 0 Å². The fraction of sp³-hybridized carbons (Fsp3) is 0.214. The van der Waals surface area contributed by atoms with E-state index in [1.165, 1.54) is 6.07 Å². The van der Waals surface area contributed by atoms with E-state index in [9.17, 15) is 13.2 Å². The summed E-state index contributed by atoms with van der Waals surface area (Å²) in [5.41, 5.74) is 1.41. The van der Waals surface area contributed by atoms with Gasteiger partial charge in [0.15, 0.2) is 0 Å². The standard InChI is InChI=1S/C14H13F3N2/c1-18-9-13-8-11(5-6-19-13)10-3-2-4-12(7-10)14(15,16)17/h2-8,18H,9H2,1H3. The van der Waals surface area contributed by atoms with Gasteiger partial charge in [-0.15, -0.1) is 0 Å². The molecule has 0 spiro atoms. The highest BCUT2D eigenvalue weighted by Crippen LogP contribution is 2.32. The first-order valence-electron chi connectivity index (χ1n) is 5.78. The number of alkyl halides is 3. The molecule has 100 valence electrons. The van der Waals surface area contributed by atoms with Crippen LogP contribution in [0.15, 0.2) is 42.6 Å². The number of benzene rings is 1. The Hall–Kier alpha value is -1.88. The topological polar surface area (TPSA) is 24.9 Å². The van der Waals surface area contributed by atoms with Crippen molar-refractivity contribution in [1.29, 1.82) is 0 Å². The van der Waals surface area contributed by atoms with E-state index in [1.54, 1.807) is 31.4 Å². The van der Waals surface area contributed by atoms with Gasteiger partial charge in [0, 0.05) is 12.7 Å². The third-order valence-electron chi connectivity index (χ3n) is 2.70. The summed E-state index contributed by atoms with van der Waals surface area (Å²) in [5.74, 6) is 0. The molecule has 2 rings (SSSR count). The Labute approximate surface area is 109 Å². The van der Waals surface area contributed by atoms with E-state index in [0.717, 1.165) is 23.4 Å². The zero-order valence-corrected chi connectivity index (χ0v) is 10.3. The van der Waals surface area contributed by atoms with Gasteiger partial charge in [0.25, 0.3) is 0 Å². The average molecular weight is 266 g/mol. The molecule has 0 aliphatic rings. The normalized spacial score (nSPS) is 11.6. The third kappa shape index (κ3) is 3.32. The molecule has 19 heavy (non-hydrogen) atoms. The van der Waals surface area contributed by atoms with Crippen molar-refractivity contribution in [1.82, 2.24) is 10.3 Å². The van der Waals surface area contributed by atoms with Crippen LogP contribution in [0.5, 0.6) is 0 Å². The van der Waals surface area contributed by atoms with E-state index < -0.39 is 11.7 Å².